The SMILES string of the molecule is CCC(=C1c2ccc(Cl)cc2CCc2cc(Cl)ccc21)c1cccc(NS(C)(=O)=O)c1. The molecule has 0 amide bonds. The third-order valence-electron chi connectivity index (χ3n) is 5.51. The molecule has 0 atom stereocenters. The van der Waals surface area contributed by atoms with Crippen molar-refractivity contribution in [1.29, 1.82) is 0 Å². The quantitative estimate of drug-likeness (QED) is 0.452. The molecule has 0 aliphatic heterocycles. The molecule has 0 spiro atoms. The van der Waals surface area contributed by atoms with Crippen molar-refractivity contribution in [2.24, 2.45) is 0 Å². The average Bonchev–Trinajstić information content (AvgIpc) is 2.84. The Bertz CT molecular complexity index is 1240. The van der Waals surface area contributed by atoms with Crippen molar-refractivity contribution >= 4 is 50.1 Å². The van der Waals surface area contributed by atoms with Crippen molar-refractivity contribution in [3.63, 3.8) is 0 Å². The van der Waals surface area contributed by atoms with Gasteiger partial charge in [-0.2, -0.15) is 0 Å². The van der Waals surface area contributed by atoms with Crippen LogP contribution < -0.4 is 4.72 Å². The smallest absolute Gasteiger partial charge is 0.229 e. The first-order chi connectivity index (χ1) is 14.7. The lowest BCUT2D eigenvalue weighted by atomic mass is 9.86. The molecular weight excluding hydrogens is 449 g/mol. The molecule has 1 aliphatic carbocycles. The lowest BCUT2D eigenvalue weighted by Gasteiger charge is -2.19. The van der Waals surface area contributed by atoms with Crippen LogP contribution in [0, 0.1) is 0 Å². The summed E-state index contributed by atoms with van der Waals surface area (Å²) in [5.74, 6) is 0. The molecule has 3 aromatic rings. The van der Waals surface area contributed by atoms with E-state index in [0.29, 0.717) is 5.69 Å². The summed E-state index contributed by atoms with van der Waals surface area (Å²) in [6.07, 6.45) is 3.69. The van der Waals surface area contributed by atoms with Crippen LogP contribution in [0.1, 0.15) is 41.2 Å². The second kappa shape index (κ2) is 8.70. The number of fused-ring (bicyclic) bond motifs is 2. The van der Waals surface area contributed by atoms with Gasteiger partial charge in [-0.05, 0) is 94.6 Å². The van der Waals surface area contributed by atoms with E-state index in [2.05, 4.69) is 23.8 Å². The fourth-order valence-electron chi connectivity index (χ4n) is 4.28. The molecule has 0 unspecified atom stereocenters. The summed E-state index contributed by atoms with van der Waals surface area (Å²) < 4.78 is 26.1. The summed E-state index contributed by atoms with van der Waals surface area (Å²) in [5.41, 5.74) is 8.54. The van der Waals surface area contributed by atoms with Crippen LogP contribution in [0.4, 0.5) is 5.69 Å². The van der Waals surface area contributed by atoms with Crippen LogP contribution in [0.5, 0.6) is 0 Å². The molecule has 0 bridgehead atoms. The van der Waals surface area contributed by atoms with E-state index in [4.69, 9.17) is 23.2 Å². The third kappa shape index (κ3) is 4.82. The Balaban J connectivity index is 2.00. The predicted octanol–water partition coefficient (Wildman–Crippen LogP) is 6.83. The van der Waals surface area contributed by atoms with Crippen LogP contribution >= 0.6 is 23.2 Å². The Morgan fingerprint density at radius 2 is 1.48 bits per heavy atom. The van der Waals surface area contributed by atoms with E-state index in [1.807, 2.05) is 42.5 Å². The van der Waals surface area contributed by atoms with E-state index < -0.39 is 10.0 Å². The van der Waals surface area contributed by atoms with Gasteiger partial charge in [0.15, 0.2) is 0 Å². The number of aryl methyl sites for hydroxylation is 2. The van der Waals surface area contributed by atoms with Crippen molar-refractivity contribution in [3.8, 4) is 0 Å². The van der Waals surface area contributed by atoms with Crippen LogP contribution in [0.25, 0.3) is 11.1 Å². The van der Waals surface area contributed by atoms with Gasteiger partial charge in [-0.1, -0.05) is 54.4 Å². The third-order valence-corrected chi connectivity index (χ3v) is 6.58. The van der Waals surface area contributed by atoms with Gasteiger partial charge in [0.1, 0.15) is 0 Å². The Labute approximate surface area is 193 Å². The maximum atomic E-state index is 11.7. The van der Waals surface area contributed by atoms with Crippen molar-refractivity contribution in [3.05, 3.63) is 98.5 Å². The minimum absolute atomic E-state index is 0.549. The molecule has 1 N–H and O–H groups in total. The van der Waals surface area contributed by atoms with Gasteiger partial charge in [0, 0.05) is 15.7 Å². The first-order valence-corrected chi connectivity index (χ1v) is 12.8. The Hall–Kier alpha value is -2.27. The van der Waals surface area contributed by atoms with E-state index in [-0.39, 0.29) is 0 Å². The summed E-state index contributed by atoms with van der Waals surface area (Å²) in [4.78, 5) is 0. The second-order valence-electron chi connectivity index (χ2n) is 7.77. The number of halogens is 2. The van der Waals surface area contributed by atoms with Crippen molar-refractivity contribution < 1.29 is 8.42 Å². The highest BCUT2D eigenvalue weighted by Gasteiger charge is 2.22. The number of hydrogen-bond donors (Lipinski definition) is 1. The van der Waals surface area contributed by atoms with Crippen LogP contribution in [-0.4, -0.2) is 14.7 Å². The Morgan fingerprint density at radius 3 is 2.00 bits per heavy atom. The van der Waals surface area contributed by atoms with E-state index in [9.17, 15) is 8.42 Å². The summed E-state index contributed by atoms with van der Waals surface area (Å²) in [7, 11) is -3.36. The van der Waals surface area contributed by atoms with Gasteiger partial charge in [-0.25, -0.2) is 8.42 Å². The lowest BCUT2D eigenvalue weighted by molar-refractivity contribution is 0.607. The normalized spacial score (nSPS) is 13.2. The Morgan fingerprint density at radius 1 is 0.903 bits per heavy atom. The molecule has 0 saturated heterocycles. The summed E-state index contributed by atoms with van der Waals surface area (Å²) >= 11 is 12.6. The minimum atomic E-state index is -3.36. The van der Waals surface area contributed by atoms with Gasteiger partial charge in [-0.3, -0.25) is 4.72 Å². The number of sulfonamides is 1. The number of allylic oxidation sites excluding steroid dienone is 1. The summed E-state index contributed by atoms with van der Waals surface area (Å²) in [5, 5.41) is 1.44. The molecule has 4 rings (SSSR count). The maximum Gasteiger partial charge on any atom is 0.229 e. The number of benzene rings is 3. The first kappa shape index (κ1) is 21.9. The molecule has 6 heteroatoms. The molecule has 0 heterocycles. The molecule has 0 aromatic heterocycles. The molecular formula is C25H23Cl2NO2S. The standard InChI is InChI=1S/C25H23Cl2NO2S/c1-3-22(16-5-4-6-21(15-16)28-31(2,29)30)25-23-11-9-19(26)13-17(23)7-8-18-14-20(27)10-12-24(18)25/h4-6,9-15,28H,3,7-8H2,1-2H3. The summed E-state index contributed by atoms with van der Waals surface area (Å²) in [6, 6.07) is 19.7. The fraction of sp³-hybridized carbons (Fsp3) is 0.200. The zero-order valence-corrected chi connectivity index (χ0v) is 19.7. The highest BCUT2D eigenvalue weighted by Crippen LogP contribution is 2.41. The van der Waals surface area contributed by atoms with Crippen molar-refractivity contribution in [1.82, 2.24) is 0 Å². The molecule has 31 heavy (non-hydrogen) atoms. The number of hydrogen-bond acceptors (Lipinski definition) is 2. The van der Waals surface area contributed by atoms with Gasteiger partial charge in [-0.15, -0.1) is 0 Å². The van der Waals surface area contributed by atoms with E-state index in [1.165, 1.54) is 11.1 Å². The molecule has 1 aliphatic rings. The monoisotopic (exact) mass is 471 g/mol. The zero-order valence-electron chi connectivity index (χ0n) is 17.4. The van der Waals surface area contributed by atoms with Crippen LogP contribution in [0.2, 0.25) is 10.0 Å². The zero-order chi connectivity index (χ0) is 22.2. The van der Waals surface area contributed by atoms with E-state index in [0.717, 1.165) is 63.4 Å². The fourth-order valence-corrected chi connectivity index (χ4v) is 5.22. The van der Waals surface area contributed by atoms with E-state index in [1.54, 1.807) is 6.07 Å². The highest BCUT2D eigenvalue weighted by atomic mass is 35.5. The largest absolute Gasteiger partial charge is 0.284 e. The van der Waals surface area contributed by atoms with Crippen molar-refractivity contribution in [2.75, 3.05) is 11.0 Å². The van der Waals surface area contributed by atoms with Gasteiger partial charge in [0.05, 0.1) is 6.26 Å². The molecule has 3 nitrogen and oxygen atoms in total. The minimum Gasteiger partial charge on any atom is -0.284 e. The highest BCUT2D eigenvalue weighted by molar-refractivity contribution is 7.92. The first-order valence-electron chi connectivity index (χ1n) is 10.1. The molecule has 3 aromatic carbocycles. The second-order valence-corrected chi connectivity index (χ2v) is 10.4. The average molecular weight is 472 g/mol. The van der Waals surface area contributed by atoms with Crippen LogP contribution in [0.15, 0.2) is 60.7 Å². The lowest BCUT2D eigenvalue weighted by Crippen LogP contribution is -2.09. The van der Waals surface area contributed by atoms with Crippen molar-refractivity contribution in [2.45, 2.75) is 26.2 Å². The van der Waals surface area contributed by atoms with Crippen LogP contribution in [-0.2, 0) is 22.9 Å². The molecule has 160 valence electrons. The number of nitrogens with one attached hydrogen (secondary N) is 1. The predicted molar refractivity (Wildman–Crippen MR) is 131 cm³/mol. The Kier molecular flexibility index (Phi) is 6.16. The van der Waals surface area contributed by atoms with Gasteiger partial charge >= 0.3 is 0 Å². The van der Waals surface area contributed by atoms with E-state index >= 15 is 0 Å². The van der Waals surface area contributed by atoms with Gasteiger partial charge in [0.25, 0.3) is 0 Å². The number of rotatable bonds is 4. The topological polar surface area (TPSA) is 46.2 Å². The maximum absolute atomic E-state index is 11.7. The van der Waals surface area contributed by atoms with Gasteiger partial charge < -0.3 is 0 Å². The molecule has 0 radical (unpaired) electrons. The van der Waals surface area contributed by atoms with Crippen LogP contribution in [0.3, 0.4) is 0 Å². The summed E-state index contributed by atoms with van der Waals surface area (Å²) in [6.45, 7) is 2.12. The van der Waals surface area contributed by atoms with Gasteiger partial charge in [0.2, 0.25) is 10.0 Å². The number of anilines is 1. The molecule has 0 saturated carbocycles. The molecule has 0 fully saturated rings.